The Hall–Kier alpha value is -2.29. The molecular weight excluding hydrogens is 262 g/mol. The van der Waals surface area contributed by atoms with E-state index in [0.29, 0.717) is 0 Å². The van der Waals surface area contributed by atoms with Gasteiger partial charge in [-0.2, -0.15) is 0 Å². The first-order valence-corrected chi connectivity index (χ1v) is 7.19. The van der Waals surface area contributed by atoms with E-state index in [0.717, 1.165) is 42.2 Å². The Morgan fingerprint density at radius 1 is 0.857 bits per heavy atom. The summed E-state index contributed by atoms with van der Waals surface area (Å²) >= 11 is 0. The minimum atomic E-state index is 0.854. The molecule has 1 aliphatic carbocycles. The predicted octanol–water partition coefficient (Wildman–Crippen LogP) is 4.16. The first-order valence-electron chi connectivity index (χ1n) is 7.19. The van der Waals surface area contributed by atoms with Gasteiger partial charge in [-0.15, -0.1) is 0 Å². The summed E-state index contributed by atoms with van der Waals surface area (Å²) < 4.78 is 10.5. The van der Waals surface area contributed by atoms with Crippen molar-refractivity contribution in [2.75, 3.05) is 14.2 Å². The second-order valence-corrected chi connectivity index (χ2v) is 5.13. The highest BCUT2D eigenvalue weighted by Gasteiger charge is 2.16. The van der Waals surface area contributed by atoms with Crippen LogP contribution in [0, 0.1) is 0 Å². The number of ether oxygens (including phenoxy) is 2. The molecule has 0 saturated heterocycles. The molecule has 0 unspecified atom stereocenters. The molecule has 0 aliphatic heterocycles. The summed E-state index contributed by atoms with van der Waals surface area (Å²) in [5, 5.41) is 0. The molecule has 0 spiro atoms. The molecule has 108 valence electrons. The molecule has 0 atom stereocenters. The topological polar surface area (TPSA) is 30.8 Å². The zero-order valence-corrected chi connectivity index (χ0v) is 12.4. The summed E-state index contributed by atoms with van der Waals surface area (Å²) in [6.07, 6.45) is 3.24. The Bertz CT molecular complexity index is 659. The molecule has 3 rings (SSSR count). The van der Waals surface area contributed by atoms with Gasteiger partial charge in [0.05, 0.1) is 19.9 Å². The molecule has 0 amide bonds. The highest BCUT2D eigenvalue weighted by atomic mass is 16.5. The normalized spacial score (nSPS) is 15.6. The van der Waals surface area contributed by atoms with Crippen LogP contribution in [0.2, 0.25) is 0 Å². The molecule has 0 N–H and O–H groups in total. The lowest BCUT2D eigenvalue weighted by atomic mass is 9.90. The minimum Gasteiger partial charge on any atom is -0.497 e. The van der Waals surface area contributed by atoms with Crippen molar-refractivity contribution in [1.29, 1.82) is 0 Å². The van der Waals surface area contributed by atoms with Gasteiger partial charge >= 0.3 is 0 Å². The van der Waals surface area contributed by atoms with Gasteiger partial charge in [-0.25, -0.2) is 0 Å². The largest absolute Gasteiger partial charge is 0.497 e. The van der Waals surface area contributed by atoms with E-state index < -0.39 is 0 Å². The van der Waals surface area contributed by atoms with E-state index in [2.05, 4.69) is 12.1 Å². The van der Waals surface area contributed by atoms with Crippen LogP contribution in [0.4, 0.5) is 5.69 Å². The lowest BCUT2D eigenvalue weighted by Crippen LogP contribution is -2.11. The molecular formula is C18H19NO2. The molecule has 0 fully saturated rings. The first-order chi connectivity index (χ1) is 10.3. The van der Waals surface area contributed by atoms with Crippen LogP contribution in [0.1, 0.15) is 24.0 Å². The fraction of sp³-hybridized carbons (Fsp3) is 0.278. The number of methoxy groups -OCH3 is 2. The number of nitrogens with zero attached hydrogens (tertiary/aromatic N) is 1. The Kier molecular flexibility index (Phi) is 3.91. The van der Waals surface area contributed by atoms with Crippen molar-refractivity contribution in [2.45, 2.75) is 19.3 Å². The second kappa shape index (κ2) is 6.00. The van der Waals surface area contributed by atoms with Crippen LogP contribution in [-0.4, -0.2) is 19.9 Å². The summed E-state index contributed by atoms with van der Waals surface area (Å²) in [6.45, 7) is 0. The Labute approximate surface area is 125 Å². The van der Waals surface area contributed by atoms with Crippen LogP contribution in [0.15, 0.2) is 47.5 Å². The summed E-state index contributed by atoms with van der Waals surface area (Å²) in [5.74, 6) is 1.77. The van der Waals surface area contributed by atoms with Gasteiger partial charge in [0.15, 0.2) is 0 Å². The summed E-state index contributed by atoms with van der Waals surface area (Å²) in [7, 11) is 3.38. The quantitative estimate of drug-likeness (QED) is 0.845. The Morgan fingerprint density at radius 2 is 1.57 bits per heavy atom. The Balaban J connectivity index is 1.94. The second-order valence-electron chi connectivity index (χ2n) is 5.13. The summed E-state index contributed by atoms with van der Waals surface area (Å²) in [5.41, 5.74) is 4.70. The van der Waals surface area contributed by atoms with Crippen LogP contribution in [0.3, 0.4) is 0 Å². The van der Waals surface area contributed by atoms with E-state index >= 15 is 0 Å². The lowest BCUT2D eigenvalue weighted by Gasteiger charge is -2.18. The predicted molar refractivity (Wildman–Crippen MR) is 85.1 cm³/mol. The van der Waals surface area contributed by atoms with E-state index in [1.165, 1.54) is 11.1 Å². The number of benzene rings is 2. The smallest absolute Gasteiger partial charge is 0.119 e. The van der Waals surface area contributed by atoms with E-state index in [1.807, 2.05) is 30.3 Å². The average Bonchev–Trinajstić information content (AvgIpc) is 2.55. The lowest BCUT2D eigenvalue weighted by molar-refractivity contribution is 0.414. The molecule has 0 aromatic heterocycles. The van der Waals surface area contributed by atoms with E-state index in [1.54, 1.807) is 14.2 Å². The van der Waals surface area contributed by atoms with Gasteiger partial charge in [-0.05, 0) is 72.9 Å². The molecule has 0 saturated carbocycles. The number of hydrogen-bond acceptors (Lipinski definition) is 3. The molecule has 0 bridgehead atoms. The van der Waals surface area contributed by atoms with Gasteiger partial charge in [0.1, 0.15) is 11.5 Å². The van der Waals surface area contributed by atoms with Crippen LogP contribution in [0.25, 0.3) is 0 Å². The average molecular weight is 281 g/mol. The molecule has 3 nitrogen and oxygen atoms in total. The number of rotatable bonds is 3. The monoisotopic (exact) mass is 281 g/mol. The molecule has 2 aromatic rings. The fourth-order valence-electron chi connectivity index (χ4n) is 2.70. The van der Waals surface area contributed by atoms with E-state index in [9.17, 15) is 0 Å². The van der Waals surface area contributed by atoms with Gasteiger partial charge in [0, 0.05) is 5.71 Å². The molecule has 2 aromatic carbocycles. The fourth-order valence-corrected chi connectivity index (χ4v) is 2.70. The standard InChI is InChI=1S/C18H19NO2/c1-20-15-8-6-14(7-9-15)19-18-5-3-4-13-12-16(21-2)10-11-17(13)18/h6-12H,3-5H2,1-2H3/b19-18-. The number of fused-ring (bicyclic) bond motifs is 1. The first kappa shape index (κ1) is 13.7. The third kappa shape index (κ3) is 2.92. The van der Waals surface area contributed by atoms with Crippen molar-refractivity contribution in [3.63, 3.8) is 0 Å². The highest BCUT2D eigenvalue weighted by Crippen LogP contribution is 2.28. The minimum absolute atomic E-state index is 0.854. The number of aryl methyl sites for hydroxylation is 1. The van der Waals surface area contributed by atoms with Crippen LogP contribution in [0.5, 0.6) is 11.5 Å². The molecule has 21 heavy (non-hydrogen) atoms. The SMILES string of the molecule is COc1ccc(/N=C2/CCCc3cc(OC)ccc32)cc1. The van der Waals surface area contributed by atoms with Crippen LogP contribution in [-0.2, 0) is 6.42 Å². The maximum Gasteiger partial charge on any atom is 0.119 e. The van der Waals surface area contributed by atoms with Crippen molar-refractivity contribution in [3.05, 3.63) is 53.6 Å². The van der Waals surface area contributed by atoms with Gasteiger partial charge in [-0.3, -0.25) is 4.99 Å². The van der Waals surface area contributed by atoms with Gasteiger partial charge in [0.25, 0.3) is 0 Å². The summed E-state index contributed by atoms with van der Waals surface area (Å²) in [6, 6.07) is 14.1. The van der Waals surface area contributed by atoms with Crippen molar-refractivity contribution >= 4 is 11.4 Å². The molecule has 0 radical (unpaired) electrons. The Morgan fingerprint density at radius 3 is 2.29 bits per heavy atom. The molecule has 0 heterocycles. The van der Waals surface area contributed by atoms with Gasteiger partial charge < -0.3 is 9.47 Å². The molecule has 1 aliphatic rings. The van der Waals surface area contributed by atoms with Crippen molar-refractivity contribution < 1.29 is 9.47 Å². The zero-order chi connectivity index (χ0) is 14.7. The zero-order valence-electron chi connectivity index (χ0n) is 12.4. The number of hydrogen-bond donors (Lipinski definition) is 0. The van der Waals surface area contributed by atoms with Crippen molar-refractivity contribution in [2.24, 2.45) is 4.99 Å². The maximum absolute atomic E-state index is 5.31. The number of aliphatic imine (C=N–C) groups is 1. The van der Waals surface area contributed by atoms with Crippen molar-refractivity contribution in [3.8, 4) is 11.5 Å². The third-order valence-corrected chi connectivity index (χ3v) is 3.82. The highest BCUT2D eigenvalue weighted by molar-refractivity contribution is 6.04. The third-order valence-electron chi connectivity index (χ3n) is 3.82. The maximum atomic E-state index is 5.31. The summed E-state index contributed by atoms with van der Waals surface area (Å²) in [4.78, 5) is 4.81. The molecule has 3 heteroatoms. The van der Waals surface area contributed by atoms with Crippen LogP contribution < -0.4 is 9.47 Å². The van der Waals surface area contributed by atoms with Crippen molar-refractivity contribution in [1.82, 2.24) is 0 Å². The van der Waals surface area contributed by atoms with Gasteiger partial charge in [0.2, 0.25) is 0 Å². The van der Waals surface area contributed by atoms with E-state index in [4.69, 9.17) is 14.5 Å². The van der Waals surface area contributed by atoms with Gasteiger partial charge in [-0.1, -0.05) is 0 Å². The van der Waals surface area contributed by atoms with E-state index in [-0.39, 0.29) is 0 Å². The van der Waals surface area contributed by atoms with Crippen LogP contribution >= 0.6 is 0 Å².